The number of ether oxygens (including phenoxy) is 1. The molecule has 4 rings (SSSR count). The Balaban J connectivity index is 1.39. The molecule has 0 bridgehead atoms. The molecule has 1 unspecified atom stereocenters. The summed E-state index contributed by atoms with van der Waals surface area (Å²) in [6.45, 7) is 4.00. The Morgan fingerprint density at radius 2 is 2.11 bits per heavy atom. The predicted octanol–water partition coefficient (Wildman–Crippen LogP) is 3.92. The molecule has 1 N–H and O–H groups in total. The molecule has 0 aliphatic carbocycles. The molecule has 2 aromatic rings. The number of nitrogens with zero attached hydrogens (tertiary/aromatic N) is 1. The number of carbonyl (C=O) groups is 1. The van der Waals surface area contributed by atoms with Gasteiger partial charge in [0.2, 0.25) is 0 Å². The summed E-state index contributed by atoms with van der Waals surface area (Å²) in [4.78, 5) is 15.0. The number of amides is 1. The van der Waals surface area contributed by atoms with Gasteiger partial charge in [0.05, 0.1) is 11.6 Å². The zero-order valence-corrected chi connectivity index (χ0v) is 16.2. The van der Waals surface area contributed by atoms with Crippen molar-refractivity contribution < 1.29 is 9.53 Å². The van der Waals surface area contributed by atoms with E-state index in [4.69, 9.17) is 16.3 Å². The van der Waals surface area contributed by atoms with Gasteiger partial charge >= 0.3 is 0 Å². The number of nitrogens with one attached hydrogen (secondary N) is 1. The van der Waals surface area contributed by atoms with Gasteiger partial charge in [0.1, 0.15) is 5.75 Å². The normalized spacial score (nSPS) is 19.4. The molecule has 0 saturated carbocycles. The van der Waals surface area contributed by atoms with Crippen LogP contribution in [0.25, 0.3) is 0 Å². The second-order valence-electron chi connectivity index (χ2n) is 7.41. The van der Waals surface area contributed by atoms with Crippen molar-refractivity contribution in [2.75, 3.05) is 26.2 Å². The standard InChI is InChI=1S/C22H25ClN2O2/c23-20-5-1-2-6-21(20)27-15-16-4-3-11-25(14-16)22(26)18-8-7-17-9-10-24-13-19(17)12-18/h1-2,5-8,12,16,24H,3-4,9-11,13-15H2. The van der Waals surface area contributed by atoms with Gasteiger partial charge in [0, 0.05) is 31.1 Å². The summed E-state index contributed by atoms with van der Waals surface area (Å²) in [6.07, 6.45) is 3.12. The molecule has 27 heavy (non-hydrogen) atoms. The fourth-order valence-corrected chi connectivity index (χ4v) is 4.14. The molecule has 1 saturated heterocycles. The van der Waals surface area contributed by atoms with Crippen LogP contribution in [0.15, 0.2) is 42.5 Å². The number of likely N-dealkylation sites (tertiary alicyclic amines) is 1. The molecule has 0 spiro atoms. The molecular formula is C22H25ClN2O2. The van der Waals surface area contributed by atoms with E-state index in [1.165, 1.54) is 11.1 Å². The molecule has 1 atom stereocenters. The quantitative estimate of drug-likeness (QED) is 0.868. The van der Waals surface area contributed by atoms with Crippen LogP contribution in [-0.4, -0.2) is 37.0 Å². The van der Waals surface area contributed by atoms with E-state index in [2.05, 4.69) is 17.4 Å². The van der Waals surface area contributed by atoms with Crippen LogP contribution in [0.2, 0.25) is 5.02 Å². The van der Waals surface area contributed by atoms with E-state index in [0.717, 1.165) is 51.0 Å². The molecule has 0 aromatic heterocycles. The second kappa shape index (κ2) is 8.32. The van der Waals surface area contributed by atoms with Gasteiger partial charge in [-0.3, -0.25) is 4.79 Å². The van der Waals surface area contributed by atoms with Gasteiger partial charge in [-0.05, 0) is 61.2 Å². The molecule has 0 radical (unpaired) electrons. The summed E-state index contributed by atoms with van der Waals surface area (Å²) in [5.74, 6) is 1.17. The third-order valence-corrected chi connectivity index (χ3v) is 5.77. The fourth-order valence-electron chi connectivity index (χ4n) is 3.95. The highest BCUT2D eigenvalue weighted by molar-refractivity contribution is 6.32. The average molecular weight is 385 g/mol. The second-order valence-corrected chi connectivity index (χ2v) is 7.82. The van der Waals surface area contributed by atoms with Gasteiger partial charge in [-0.2, -0.15) is 0 Å². The third-order valence-electron chi connectivity index (χ3n) is 5.46. The number of piperidine rings is 1. The van der Waals surface area contributed by atoms with Crippen molar-refractivity contribution >= 4 is 17.5 Å². The van der Waals surface area contributed by atoms with Crippen LogP contribution in [0.5, 0.6) is 5.75 Å². The minimum Gasteiger partial charge on any atom is -0.492 e. The number of carbonyl (C=O) groups excluding carboxylic acids is 1. The maximum Gasteiger partial charge on any atom is 0.253 e. The Bertz CT molecular complexity index is 824. The van der Waals surface area contributed by atoms with E-state index in [9.17, 15) is 4.79 Å². The van der Waals surface area contributed by atoms with Crippen LogP contribution in [0.4, 0.5) is 0 Å². The maximum absolute atomic E-state index is 13.0. The van der Waals surface area contributed by atoms with Crippen LogP contribution in [0.3, 0.4) is 0 Å². The summed E-state index contributed by atoms with van der Waals surface area (Å²) >= 11 is 6.16. The molecule has 2 aliphatic heterocycles. The number of rotatable bonds is 4. The number of halogens is 1. The molecule has 1 fully saturated rings. The van der Waals surface area contributed by atoms with Crippen molar-refractivity contribution in [3.05, 3.63) is 64.2 Å². The molecule has 142 valence electrons. The fraction of sp³-hybridized carbons (Fsp3) is 0.409. The largest absolute Gasteiger partial charge is 0.492 e. The predicted molar refractivity (Wildman–Crippen MR) is 107 cm³/mol. The van der Waals surface area contributed by atoms with Gasteiger partial charge < -0.3 is 15.0 Å². The van der Waals surface area contributed by atoms with Crippen molar-refractivity contribution in [1.82, 2.24) is 10.2 Å². The van der Waals surface area contributed by atoms with Gasteiger partial charge in [0.25, 0.3) is 5.91 Å². The zero-order chi connectivity index (χ0) is 18.6. The van der Waals surface area contributed by atoms with Crippen LogP contribution >= 0.6 is 11.6 Å². The molecule has 2 heterocycles. The van der Waals surface area contributed by atoms with Crippen LogP contribution in [-0.2, 0) is 13.0 Å². The van der Waals surface area contributed by atoms with Crippen molar-refractivity contribution in [2.45, 2.75) is 25.8 Å². The van der Waals surface area contributed by atoms with E-state index in [1.54, 1.807) is 0 Å². The number of benzene rings is 2. The summed E-state index contributed by atoms with van der Waals surface area (Å²) in [7, 11) is 0. The Morgan fingerprint density at radius 3 is 3.00 bits per heavy atom. The maximum atomic E-state index is 13.0. The van der Waals surface area contributed by atoms with Crippen molar-refractivity contribution in [3.8, 4) is 5.75 Å². The van der Waals surface area contributed by atoms with Crippen LogP contribution in [0, 0.1) is 5.92 Å². The van der Waals surface area contributed by atoms with Crippen molar-refractivity contribution in [1.29, 1.82) is 0 Å². The van der Waals surface area contributed by atoms with E-state index < -0.39 is 0 Å². The molecule has 2 aliphatic rings. The van der Waals surface area contributed by atoms with E-state index in [-0.39, 0.29) is 5.91 Å². The summed E-state index contributed by atoms with van der Waals surface area (Å²) in [6, 6.07) is 13.7. The van der Waals surface area contributed by atoms with E-state index >= 15 is 0 Å². The molecule has 5 heteroatoms. The lowest BCUT2D eigenvalue weighted by Gasteiger charge is -2.33. The minimum atomic E-state index is 0.130. The topological polar surface area (TPSA) is 41.6 Å². The lowest BCUT2D eigenvalue weighted by atomic mass is 9.96. The first-order valence-corrected chi connectivity index (χ1v) is 10.1. The van der Waals surface area contributed by atoms with Crippen LogP contribution in [0.1, 0.15) is 34.3 Å². The van der Waals surface area contributed by atoms with Gasteiger partial charge in [0.15, 0.2) is 0 Å². The number of hydrogen-bond donors (Lipinski definition) is 1. The van der Waals surface area contributed by atoms with E-state index in [0.29, 0.717) is 23.3 Å². The lowest BCUT2D eigenvalue weighted by Crippen LogP contribution is -2.41. The number of fused-ring (bicyclic) bond motifs is 1. The van der Waals surface area contributed by atoms with E-state index in [1.807, 2.05) is 35.2 Å². The highest BCUT2D eigenvalue weighted by atomic mass is 35.5. The highest BCUT2D eigenvalue weighted by Gasteiger charge is 2.25. The van der Waals surface area contributed by atoms with Gasteiger partial charge in [-0.1, -0.05) is 29.8 Å². The zero-order valence-electron chi connectivity index (χ0n) is 15.4. The molecule has 4 nitrogen and oxygen atoms in total. The number of hydrogen-bond acceptors (Lipinski definition) is 3. The molecule has 1 amide bonds. The smallest absolute Gasteiger partial charge is 0.253 e. The Kier molecular flexibility index (Phi) is 5.65. The number of para-hydroxylation sites is 1. The van der Waals surface area contributed by atoms with Crippen molar-refractivity contribution in [2.24, 2.45) is 5.92 Å². The van der Waals surface area contributed by atoms with Gasteiger partial charge in [-0.25, -0.2) is 0 Å². The third kappa shape index (κ3) is 4.28. The average Bonchev–Trinajstić information content (AvgIpc) is 2.72. The highest BCUT2D eigenvalue weighted by Crippen LogP contribution is 2.26. The summed E-state index contributed by atoms with van der Waals surface area (Å²) in [5.41, 5.74) is 3.41. The van der Waals surface area contributed by atoms with Crippen LogP contribution < -0.4 is 10.1 Å². The first kappa shape index (κ1) is 18.3. The summed E-state index contributed by atoms with van der Waals surface area (Å²) < 4.78 is 5.91. The molecular weight excluding hydrogens is 360 g/mol. The molecule has 2 aromatic carbocycles. The lowest BCUT2D eigenvalue weighted by molar-refractivity contribution is 0.0633. The van der Waals surface area contributed by atoms with Gasteiger partial charge in [-0.15, -0.1) is 0 Å². The van der Waals surface area contributed by atoms with Crippen molar-refractivity contribution in [3.63, 3.8) is 0 Å². The summed E-state index contributed by atoms with van der Waals surface area (Å²) in [5, 5.41) is 4.01. The Hall–Kier alpha value is -2.04. The Labute approximate surface area is 165 Å². The monoisotopic (exact) mass is 384 g/mol. The SMILES string of the molecule is O=C(c1ccc2c(c1)CNCC2)N1CCCC(COc2ccccc2Cl)C1. The first-order chi connectivity index (χ1) is 13.2. The Morgan fingerprint density at radius 1 is 1.22 bits per heavy atom. The first-order valence-electron chi connectivity index (χ1n) is 9.70. The minimum absolute atomic E-state index is 0.130.